The van der Waals surface area contributed by atoms with E-state index >= 15 is 0 Å². The zero-order chi connectivity index (χ0) is 11.5. The third kappa shape index (κ3) is 2.56. The van der Waals surface area contributed by atoms with Crippen LogP contribution in [0.25, 0.3) is 0 Å². The minimum absolute atomic E-state index is 0.783. The first-order valence-electron chi connectivity index (χ1n) is 6.15. The summed E-state index contributed by atoms with van der Waals surface area (Å²) in [5, 5.41) is 3.46. The molecule has 1 fully saturated rings. The van der Waals surface area contributed by atoms with Gasteiger partial charge in [-0.05, 0) is 49.5 Å². The Bertz CT molecular complexity index is 348. The van der Waals surface area contributed by atoms with Gasteiger partial charge in [-0.2, -0.15) is 0 Å². The predicted octanol–water partition coefficient (Wildman–Crippen LogP) is 2.29. The highest BCUT2D eigenvalue weighted by atomic mass is 15.1. The first-order chi connectivity index (χ1) is 7.66. The molecule has 2 nitrogen and oxygen atoms in total. The molecule has 0 amide bonds. The Balaban J connectivity index is 1.99. The molecule has 1 aliphatic rings. The molecule has 0 radical (unpaired) electrons. The van der Waals surface area contributed by atoms with Crippen LogP contribution in [0, 0.1) is 18.8 Å². The summed E-state index contributed by atoms with van der Waals surface area (Å²) in [5.74, 6) is 1.58. The van der Waals surface area contributed by atoms with E-state index < -0.39 is 0 Å². The topological polar surface area (TPSA) is 15.3 Å². The lowest BCUT2D eigenvalue weighted by atomic mass is 9.97. The van der Waals surface area contributed by atoms with Crippen LogP contribution in [0.2, 0.25) is 0 Å². The zero-order valence-corrected chi connectivity index (χ0v) is 10.5. The van der Waals surface area contributed by atoms with Gasteiger partial charge in [-0.15, -0.1) is 0 Å². The molecule has 16 heavy (non-hydrogen) atoms. The number of anilines is 1. The van der Waals surface area contributed by atoms with Crippen LogP contribution >= 0.6 is 0 Å². The molecule has 0 saturated carbocycles. The summed E-state index contributed by atoms with van der Waals surface area (Å²) in [7, 11) is 2.19. The Morgan fingerprint density at radius 3 is 2.81 bits per heavy atom. The van der Waals surface area contributed by atoms with Crippen LogP contribution in [0.15, 0.2) is 24.3 Å². The summed E-state index contributed by atoms with van der Waals surface area (Å²) in [6.07, 6.45) is 0. The van der Waals surface area contributed by atoms with E-state index in [0.29, 0.717) is 0 Å². The lowest BCUT2D eigenvalue weighted by molar-refractivity contribution is 0.455. The summed E-state index contributed by atoms with van der Waals surface area (Å²) >= 11 is 0. The van der Waals surface area contributed by atoms with Crippen molar-refractivity contribution in [2.24, 2.45) is 11.8 Å². The Kier molecular flexibility index (Phi) is 3.49. The van der Waals surface area contributed by atoms with E-state index in [1.54, 1.807) is 0 Å². The smallest absolute Gasteiger partial charge is 0.0366 e. The van der Waals surface area contributed by atoms with E-state index in [0.717, 1.165) is 24.9 Å². The number of benzene rings is 1. The van der Waals surface area contributed by atoms with E-state index in [1.807, 2.05) is 0 Å². The minimum Gasteiger partial charge on any atom is -0.374 e. The zero-order valence-electron chi connectivity index (χ0n) is 10.5. The summed E-state index contributed by atoms with van der Waals surface area (Å²) in [4.78, 5) is 2.38. The molecule has 0 spiro atoms. The van der Waals surface area contributed by atoms with Crippen molar-refractivity contribution in [1.82, 2.24) is 5.32 Å². The van der Waals surface area contributed by atoms with Gasteiger partial charge in [-0.1, -0.05) is 19.1 Å². The molecule has 2 heteroatoms. The molecule has 1 aromatic rings. The third-order valence-electron chi connectivity index (χ3n) is 3.63. The van der Waals surface area contributed by atoms with E-state index in [4.69, 9.17) is 0 Å². The number of rotatable bonds is 3. The van der Waals surface area contributed by atoms with Crippen LogP contribution in [0.5, 0.6) is 0 Å². The van der Waals surface area contributed by atoms with Gasteiger partial charge >= 0.3 is 0 Å². The maximum Gasteiger partial charge on any atom is 0.0366 e. The molecule has 2 rings (SSSR count). The fourth-order valence-electron chi connectivity index (χ4n) is 2.43. The second-order valence-electron chi connectivity index (χ2n) is 5.12. The Labute approximate surface area is 98.7 Å². The van der Waals surface area contributed by atoms with Crippen molar-refractivity contribution in [2.75, 3.05) is 31.6 Å². The summed E-state index contributed by atoms with van der Waals surface area (Å²) < 4.78 is 0. The Morgan fingerprint density at radius 1 is 1.38 bits per heavy atom. The van der Waals surface area contributed by atoms with Crippen LogP contribution in [0.3, 0.4) is 0 Å². The second kappa shape index (κ2) is 4.88. The van der Waals surface area contributed by atoms with Gasteiger partial charge in [0.05, 0.1) is 0 Å². The summed E-state index contributed by atoms with van der Waals surface area (Å²) in [6.45, 7) is 7.98. The van der Waals surface area contributed by atoms with Crippen molar-refractivity contribution in [3.05, 3.63) is 29.8 Å². The van der Waals surface area contributed by atoms with Crippen molar-refractivity contribution >= 4 is 5.69 Å². The van der Waals surface area contributed by atoms with Gasteiger partial charge < -0.3 is 10.2 Å². The molecule has 0 unspecified atom stereocenters. The molecular formula is C14H22N2. The van der Waals surface area contributed by atoms with Crippen LogP contribution in [0.4, 0.5) is 5.69 Å². The molecule has 1 N–H and O–H groups in total. The van der Waals surface area contributed by atoms with Crippen LogP contribution in [-0.4, -0.2) is 26.7 Å². The Hall–Kier alpha value is -1.02. The van der Waals surface area contributed by atoms with Crippen LogP contribution < -0.4 is 10.2 Å². The quantitative estimate of drug-likeness (QED) is 0.837. The second-order valence-corrected chi connectivity index (χ2v) is 5.12. The number of nitrogens with one attached hydrogen (secondary N) is 1. The average Bonchev–Trinajstić information content (AvgIpc) is 2.64. The normalized spacial score (nSPS) is 24.7. The molecular weight excluding hydrogens is 196 g/mol. The maximum atomic E-state index is 3.46. The van der Waals surface area contributed by atoms with Gasteiger partial charge in [0, 0.05) is 19.3 Å². The van der Waals surface area contributed by atoms with Crippen molar-refractivity contribution in [3.8, 4) is 0 Å². The highest BCUT2D eigenvalue weighted by Gasteiger charge is 2.24. The average molecular weight is 218 g/mol. The Morgan fingerprint density at radius 2 is 2.19 bits per heavy atom. The van der Waals surface area contributed by atoms with Gasteiger partial charge in [0.1, 0.15) is 0 Å². The fraction of sp³-hybridized carbons (Fsp3) is 0.571. The van der Waals surface area contributed by atoms with Gasteiger partial charge in [0.15, 0.2) is 0 Å². The van der Waals surface area contributed by atoms with Crippen molar-refractivity contribution < 1.29 is 0 Å². The van der Waals surface area contributed by atoms with Gasteiger partial charge in [0.25, 0.3) is 0 Å². The van der Waals surface area contributed by atoms with E-state index in [1.165, 1.54) is 17.8 Å². The van der Waals surface area contributed by atoms with Crippen molar-refractivity contribution in [2.45, 2.75) is 13.8 Å². The van der Waals surface area contributed by atoms with Gasteiger partial charge in [-0.25, -0.2) is 0 Å². The SMILES string of the molecule is Cc1cccc(N(C)C[C@@H]2CNC[C@H]2C)c1. The van der Waals surface area contributed by atoms with E-state index in [9.17, 15) is 0 Å². The number of hydrogen-bond acceptors (Lipinski definition) is 2. The van der Waals surface area contributed by atoms with Gasteiger partial charge in [0.2, 0.25) is 0 Å². The molecule has 1 aliphatic heterocycles. The molecule has 0 aliphatic carbocycles. The minimum atomic E-state index is 0.783. The molecule has 2 atom stereocenters. The fourth-order valence-corrected chi connectivity index (χ4v) is 2.43. The van der Waals surface area contributed by atoms with Crippen molar-refractivity contribution in [3.63, 3.8) is 0 Å². The maximum absolute atomic E-state index is 3.46. The summed E-state index contributed by atoms with van der Waals surface area (Å²) in [5.41, 5.74) is 2.67. The highest BCUT2D eigenvalue weighted by molar-refractivity contribution is 5.47. The molecule has 1 aromatic carbocycles. The van der Waals surface area contributed by atoms with Crippen LogP contribution in [0.1, 0.15) is 12.5 Å². The number of nitrogens with zero attached hydrogens (tertiary/aromatic N) is 1. The summed E-state index contributed by atoms with van der Waals surface area (Å²) in [6, 6.07) is 8.74. The number of hydrogen-bond donors (Lipinski definition) is 1. The highest BCUT2D eigenvalue weighted by Crippen LogP contribution is 2.21. The van der Waals surface area contributed by atoms with E-state index in [-0.39, 0.29) is 0 Å². The predicted molar refractivity (Wildman–Crippen MR) is 70.0 cm³/mol. The van der Waals surface area contributed by atoms with E-state index in [2.05, 4.69) is 55.4 Å². The molecule has 88 valence electrons. The number of aryl methyl sites for hydroxylation is 1. The largest absolute Gasteiger partial charge is 0.374 e. The third-order valence-corrected chi connectivity index (χ3v) is 3.63. The molecule has 1 saturated heterocycles. The first kappa shape index (κ1) is 11.5. The van der Waals surface area contributed by atoms with Crippen LogP contribution in [-0.2, 0) is 0 Å². The molecule has 1 heterocycles. The standard InChI is InChI=1S/C14H22N2/c1-11-5-4-6-14(7-11)16(3)10-13-9-15-8-12(13)2/h4-7,12-13,15H,8-10H2,1-3H3/t12-,13+/m1/s1. The van der Waals surface area contributed by atoms with Gasteiger partial charge in [-0.3, -0.25) is 0 Å². The monoisotopic (exact) mass is 218 g/mol. The van der Waals surface area contributed by atoms with Crippen molar-refractivity contribution in [1.29, 1.82) is 0 Å². The lowest BCUT2D eigenvalue weighted by Crippen LogP contribution is -2.29. The lowest BCUT2D eigenvalue weighted by Gasteiger charge is -2.25. The first-order valence-corrected chi connectivity index (χ1v) is 6.15. The molecule has 0 bridgehead atoms. The molecule has 0 aromatic heterocycles.